The second kappa shape index (κ2) is 22.1. The van der Waals surface area contributed by atoms with Gasteiger partial charge in [0.05, 0.1) is 0 Å². The quantitative estimate of drug-likeness (QED) is 0.513. The van der Waals surface area contributed by atoms with E-state index in [1.165, 1.54) is 25.7 Å². The van der Waals surface area contributed by atoms with Crippen molar-refractivity contribution >= 4 is 60.4 Å². The van der Waals surface area contributed by atoms with Crippen LogP contribution >= 0.6 is 0 Å². The largest absolute Gasteiger partial charge is 0.793 e. The minimum Gasteiger partial charge on any atom is -0.793 e. The van der Waals surface area contributed by atoms with Crippen LogP contribution in [0.2, 0.25) is 3.93 Å². The summed E-state index contributed by atoms with van der Waals surface area (Å²) in [6.45, 7) is 7.98. The monoisotopic (exact) mass is 429 g/mol. The molecule has 0 spiro atoms. The third-order valence-corrected chi connectivity index (χ3v) is 4.54. The van der Waals surface area contributed by atoms with E-state index in [2.05, 4.69) is 44.8 Å². The molecule has 2 N–H and O–H groups in total. The zero-order valence-electron chi connectivity index (χ0n) is 13.0. The molecule has 3 unspecified atom stereocenters. The Morgan fingerprint density at radius 1 is 1.00 bits per heavy atom. The molecule has 0 aromatic carbocycles. The average molecular weight is 428 g/mol. The van der Waals surface area contributed by atoms with Gasteiger partial charge in [0.25, 0.3) is 0 Å². The van der Waals surface area contributed by atoms with Crippen LogP contribution in [0.3, 0.4) is 0 Å². The number of rotatable bonds is 1. The molecule has 5 heteroatoms. The number of nitrogens with two attached hydrogens (primary N) is 1. The fraction of sp³-hybridized carbons (Fsp3) is 1.00. The first-order valence-corrected chi connectivity index (χ1v) is 10.5. The van der Waals surface area contributed by atoms with Gasteiger partial charge >= 0.3 is 76.8 Å². The van der Waals surface area contributed by atoms with Crippen molar-refractivity contribution in [3.05, 3.63) is 0 Å². The van der Waals surface area contributed by atoms with Crippen LogP contribution in [0.1, 0.15) is 53.4 Å². The molecule has 3 atom stereocenters. The minimum absolute atomic E-state index is 0.435. The zero-order valence-corrected chi connectivity index (χ0v) is 18.3. The van der Waals surface area contributed by atoms with E-state index < -0.39 is 0 Å². The summed E-state index contributed by atoms with van der Waals surface area (Å²) < 4.78 is 0.959. The molecule has 0 saturated heterocycles. The molecular weight excluding hydrogens is 397 g/mol. The Labute approximate surface area is 152 Å². The molecule has 1 aliphatic rings. The number of hydrogen-bond donors (Lipinski definition) is 1. The minimum atomic E-state index is 0.435. The van der Waals surface area contributed by atoms with Crippen LogP contribution < -0.4 is 5.73 Å². The Morgan fingerprint density at radius 3 is 1.53 bits per heavy atom. The molecule has 19 heavy (non-hydrogen) atoms. The van der Waals surface area contributed by atoms with Crippen LogP contribution in [0, 0.1) is 5.92 Å². The summed E-state index contributed by atoms with van der Waals surface area (Å²) in [6.07, 6.45) is 5.67. The first-order valence-electron chi connectivity index (χ1n) is 7.17. The summed E-state index contributed by atoms with van der Waals surface area (Å²) in [5, 5.41) is 0. The molecule has 0 amide bonds. The third kappa shape index (κ3) is 22.2. The van der Waals surface area contributed by atoms with E-state index in [-0.39, 0.29) is 0 Å². The Kier molecular flexibility index (Phi) is 29.9. The van der Waals surface area contributed by atoms with Gasteiger partial charge in [-0.3, -0.25) is 0 Å². The van der Waals surface area contributed by atoms with Crippen molar-refractivity contribution in [3.8, 4) is 0 Å². The zero-order chi connectivity index (χ0) is 15.7. The van der Waals surface area contributed by atoms with Crippen LogP contribution in [0.15, 0.2) is 0 Å². The predicted molar refractivity (Wildman–Crippen MR) is 98.8 cm³/mol. The van der Waals surface area contributed by atoms with Crippen molar-refractivity contribution in [1.29, 1.82) is 0 Å². The molecule has 1 nitrogen and oxygen atoms in total. The summed E-state index contributed by atoms with van der Waals surface area (Å²) in [5.41, 5.74) is 5.87. The van der Waals surface area contributed by atoms with Gasteiger partial charge in [-0.1, -0.05) is 20.8 Å². The molecule has 0 aromatic rings. The Morgan fingerprint density at radius 2 is 1.32 bits per heavy atom. The van der Waals surface area contributed by atoms with Crippen LogP contribution in [-0.2, 0) is 37.9 Å². The predicted octanol–water partition coefficient (Wildman–Crippen LogP) is 3.14. The van der Waals surface area contributed by atoms with Crippen molar-refractivity contribution in [3.63, 3.8) is 0 Å². The maximum atomic E-state index is 5.87. The Bertz CT molecular complexity index is 144. The fourth-order valence-electron chi connectivity index (χ4n) is 1.79. The molecule has 0 aromatic heterocycles. The van der Waals surface area contributed by atoms with E-state index in [4.69, 9.17) is 5.73 Å². The molecule has 0 radical (unpaired) electrons. The Hall–Kier alpha value is 1.81. The van der Waals surface area contributed by atoms with Gasteiger partial charge in [0.15, 0.2) is 0 Å². The smallest absolute Gasteiger partial charge is 0.0874 e. The topological polar surface area (TPSA) is 26.0 Å². The number of hydrogen-bond acceptors (Lipinski definition) is 4. The van der Waals surface area contributed by atoms with E-state index >= 15 is 0 Å². The maximum absolute atomic E-state index is 5.87. The van der Waals surface area contributed by atoms with Crippen molar-refractivity contribution in [2.45, 2.75) is 63.4 Å². The molecule has 0 bridgehead atoms. The normalized spacial score (nSPS) is 22.6. The van der Waals surface area contributed by atoms with Crippen LogP contribution in [0.4, 0.5) is 0 Å². The van der Waals surface area contributed by atoms with Crippen molar-refractivity contribution in [2.24, 2.45) is 11.7 Å². The van der Waals surface area contributed by atoms with Crippen LogP contribution in [0.5, 0.6) is 0 Å². The summed E-state index contributed by atoms with van der Waals surface area (Å²) in [5.74, 6) is 3.34. The first-order chi connectivity index (χ1) is 8.96. The summed E-state index contributed by atoms with van der Waals surface area (Å²) in [7, 11) is 0. The molecule has 0 heterocycles. The fourth-order valence-corrected chi connectivity index (χ4v) is 3.71. The molecule has 114 valence electrons. The van der Waals surface area contributed by atoms with E-state index in [0.29, 0.717) is 6.04 Å². The van der Waals surface area contributed by atoms with Gasteiger partial charge in [-0.25, -0.2) is 0 Å². The summed E-state index contributed by atoms with van der Waals surface area (Å²) in [4.78, 5) is 0. The van der Waals surface area contributed by atoms with Gasteiger partial charge in [-0.05, 0) is 0 Å². The van der Waals surface area contributed by atoms with Crippen LogP contribution in [0.25, 0.3) is 0 Å². The molecule has 1 fully saturated rings. The van der Waals surface area contributed by atoms with Gasteiger partial charge in [-0.15, -0.1) is 0 Å². The summed E-state index contributed by atoms with van der Waals surface area (Å²) in [6, 6.07) is 0.435. The van der Waals surface area contributed by atoms with E-state index in [0.717, 1.165) is 27.1 Å². The van der Waals surface area contributed by atoms with E-state index in [1.54, 1.807) is 22.5 Å². The van der Waals surface area contributed by atoms with E-state index in [9.17, 15) is 0 Å². The summed E-state index contributed by atoms with van der Waals surface area (Å²) >= 11 is 14.9. The molecule has 0 aliphatic heterocycles. The Balaban J connectivity index is -0.000000238. The van der Waals surface area contributed by atoms with Crippen molar-refractivity contribution in [1.82, 2.24) is 0 Å². The first kappa shape index (κ1) is 25.7. The van der Waals surface area contributed by atoms with Gasteiger partial charge in [0, 0.05) is 0 Å². The molecular formula is C14H31NS3Sn. The van der Waals surface area contributed by atoms with Gasteiger partial charge in [0.1, 0.15) is 0 Å². The molecule has 1 saturated carbocycles. The SMILES string of the molecule is CC(N)C1CCCC[CH]1[Sn+3].CC[S-].CC[S-].CC[S-]. The van der Waals surface area contributed by atoms with Crippen molar-refractivity contribution < 1.29 is 0 Å². The standard InChI is InChI=1S/C8H16N.3C2H6S.Sn/c1-7(9)8-5-3-2-4-6-8;3*1-2-3;/h5,7-8H,2-4,6,9H2,1H3;3*3H,2H2,1H3;/q;;;;+3/p-3. The maximum Gasteiger partial charge on any atom is -0.0874 e. The van der Waals surface area contributed by atoms with Crippen molar-refractivity contribution in [2.75, 3.05) is 17.3 Å². The van der Waals surface area contributed by atoms with Gasteiger partial charge in [0.2, 0.25) is 0 Å². The van der Waals surface area contributed by atoms with Gasteiger partial charge < -0.3 is 37.9 Å². The second-order valence-electron chi connectivity index (χ2n) is 4.28. The third-order valence-electron chi connectivity index (χ3n) is 2.49. The van der Waals surface area contributed by atoms with Crippen LogP contribution in [-0.4, -0.2) is 45.8 Å². The van der Waals surface area contributed by atoms with E-state index in [1.807, 2.05) is 20.8 Å². The molecule has 1 aliphatic carbocycles. The second-order valence-corrected chi connectivity index (χ2v) is 8.13. The molecule has 1 rings (SSSR count). The average Bonchev–Trinajstić information content (AvgIpc) is 2.32. The van der Waals surface area contributed by atoms with Gasteiger partial charge in [-0.2, -0.15) is 17.3 Å².